The smallest absolute Gasteiger partial charge is 0.183 e. The molecule has 0 atom stereocenters. The molecule has 0 aliphatic heterocycles. The first-order chi connectivity index (χ1) is 9.20. The van der Waals surface area contributed by atoms with Crippen molar-refractivity contribution in [1.82, 2.24) is 24.9 Å². The van der Waals surface area contributed by atoms with E-state index < -0.39 is 5.82 Å². The summed E-state index contributed by atoms with van der Waals surface area (Å²) < 4.78 is 13.4. The minimum atomic E-state index is -0.487. The van der Waals surface area contributed by atoms with E-state index in [2.05, 4.69) is 30.2 Å². The van der Waals surface area contributed by atoms with Crippen LogP contribution in [0.3, 0.4) is 0 Å². The van der Waals surface area contributed by atoms with Gasteiger partial charge in [0.25, 0.3) is 0 Å². The third-order valence-corrected chi connectivity index (χ3v) is 2.88. The number of halogens is 1. The van der Waals surface area contributed by atoms with Crippen molar-refractivity contribution in [3.63, 3.8) is 0 Å². The van der Waals surface area contributed by atoms with Crippen LogP contribution in [0.15, 0.2) is 18.7 Å². The molecule has 0 bridgehead atoms. The Balaban J connectivity index is 2.25. The predicted molar refractivity (Wildman–Crippen MR) is 69.2 cm³/mol. The Kier molecular flexibility index (Phi) is 2.59. The van der Waals surface area contributed by atoms with Crippen molar-refractivity contribution in [1.29, 1.82) is 0 Å². The van der Waals surface area contributed by atoms with Crippen LogP contribution in [0.25, 0.3) is 22.4 Å². The molecule has 96 valence electrons. The summed E-state index contributed by atoms with van der Waals surface area (Å²) in [5.41, 5.74) is 2.28. The molecule has 0 aromatic carbocycles. The van der Waals surface area contributed by atoms with Gasteiger partial charge in [-0.15, -0.1) is 0 Å². The number of anilines is 1. The summed E-state index contributed by atoms with van der Waals surface area (Å²) in [6, 6.07) is 0. The molecule has 0 fully saturated rings. The number of rotatable bonds is 2. The van der Waals surface area contributed by atoms with Crippen LogP contribution in [0.2, 0.25) is 0 Å². The molecule has 0 amide bonds. The molecule has 3 heterocycles. The number of aryl methyl sites for hydroxylation is 1. The molecule has 0 saturated carbocycles. The molecular weight excluding hydrogens is 247 g/mol. The van der Waals surface area contributed by atoms with Gasteiger partial charge in [0.05, 0.1) is 17.3 Å². The fourth-order valence-electron chi connectivity index (χ4n) is 1.97. The third kappa shape index (κ3) is 1.79. The molecule has 0 aliphatic rings. The first kappa shape index (κ1) is 11.5. The van der Waals surface area contributed by atoms with Crippen molar-refractivity contribution in [2.75, 3.05) is 12.4 Å². The Bertz CT molecular complexity index is 751. The zero-order valence-corrected chi connectivity index (χ0v) is 10.4. The Hall–Kier alpha value is -2.57. The van der Waals surface area contributed by atoms with Gasteiger partial charge < -0.3 is 10.3 Å². The topological polar surface area (TPSA) is 79.4 Å². The monoisotopic (exact) mass is 258 g/mol. The average Bonchev–Trinajstić information content (AvgIpc) is 2.85. The van der Waals surface area contributed by atoms with Gasteiger partial charge in [-0.25, -0.2) is 24.3 Å². The van der Waals surface area contributed by atoms with E-state index in [0.29, 0.717) is 11.5 Å². The van der Waals surface area contributed by atoms with E-state index in [0.717, 1.165) is 22.8 Å². The molecule has 7 heteroatoms. The summed E-state index contributed by atoms with van der Waals surface area (Å²) in [6.45, 7) is 1.88. The predicted octanol–water partition coefficient (Wildman–Crippen LogP) is 1.90. The summed E-state index contributed by atoms with van der Waals surface area (Å²) >= 11 is 0. The van der Waals surface area contributed by atoms with Gasteiger partial charge in [0.1, 0.15) is 12.0 Å². The molecule has 6 nitrogen and oxygen atoms in total. The molecule has 0 unspecified atom stereocenters. The van der Waals surface area contributed by atoms with E-state index >= 15 is 0 Å². The van der Waals surface area contributed by atoms with Gasteiger partial charge >= 0.3 is 0 Å². The van der Waals surface area contributed by atoms with E-state index in [1.54, 1.807) is 13.2 Å². The number of aromatic amines is 1. The van der Waals surface area contributed by atoms with Crippen LogP contribution in [0, 0.1) is 12.7 Å². The Morgan fingerprint density at radius 1 is 1.26 bits per heavy atom. The maximum atomic E-state index is 13.4. The molecule has 19 heavy (non-hydrogen) atoms. The summed E-state index contributed by atoms with van der Waals surface area (Å²) in [6.07, 6.45) is 4.38. The van der Waals surface area contributed by atoms with Crippen molar-refractivity contribution in [2.24, 2.45) is 0 Å². The molecule has 3 aromatic heterocycles. The lowest BCUT2D eigenvalue weighted by Crippen LogP contribution is -2.00. The highest BCUT2D eigenvalue weighted by molar-refractivity contribution is 5.93. The number of aromatic nitrogens is 5. The SMILES string of the molecule is CNc1nc(-c2c[nH]c3ncnc(C)c23)ncc1F. The number of fused-ring (bicyclic) bond motifs is 1. The Labute approximate surface area is 108 Å². The lowest BCUT2D eigenvalue weighted by atomic mass is 10.2. The van der Waals surface area contributed by atoms with Crippen LogP contribution < -0.4 is 5.32 Å². The molecule has 2 N–H and O–H groups in total. The van der Waals surface area contributed by atoms with Crippen molar-refractivity contribution < 1.29 is 4.39 Å². The van der Waals surface area contributed by atoms with Crippen LogP contribution in [-0.4, -0.2) is 32.0 Å². The van der Waals surface area contributed by atoms with Crippen molar-refractivity contribution in [2.45, 2.75) is 6.92 Å². The summed E-state index contributed by atoms with van der Waals surface area (Å²) in [7, 11) is 1.61. The minimum absolute atomic E-state index is 0.161. The van der Waals surface area contributed by atoms with Gasteiger partial charge in [-0.1, -0.05) is 0 Å². The van der Waals surface area contributed by atoms with Gasteiger partial charge in [0.15, 0.2) is 17.5 Å². The minimum Gasteiger partial charge on any atom is -0.371 e. The van der Waals surface area contributed by atoms with E-state index in [1.165, 1.54) is 6.33 Å². The lowest BCUT2D eigenvalue weighted by Gasteiger charge is -2.04. The zero-order chi connectivity index (χ0) is 13.4. The molecular formula is C12H11FN6. The van der Waals surface area contributed by atoms with E-state index in [1.807, 2.05) is 6.92 Å². The van der Waals surface area contributed by atoms with Crippen LogP contribution >= 0.6 is 0 Å². The molecule has 3 rings (SSSR count). The summed E-state index contributed by atoms with van der Waals surface area (Å²) in [4.78, 5) is 19.5. The third-order valence-electron chi connectivity index (χ3n) is 2.88. The quantitative estimate of drug-likeness (QED) is 0.734. The zero-order valence-electron chi connectivity index (χ0n) is 10.4. The average molecular weight is 258 g/mol. The van der Waals surface area contributed by atoms with E-state index in [9.17, 15) is 4.39 Å². The Morgan fingerprint density at radius 3 is 2.89 bits per heavy atom. The molecule has 3 aromatic rings. The first-order valence-electron chi connectivity index (χ1n) is 5.70. The number of hydrogen-bond acceptors (Lipinski definition) is 5. The number of H-pyrrole nitrogens is 1. The second kappa shape index (κ2) is 4.27. The largest absolute Gasteiger partial charge is 0.371 e. The molecule has 0 aliphatic carbocycles. The summed E-state index contributed by atoms with van der Waals surface area (Å²) in [5.74, 6) is 0.0998. The molecule has 0 spiro atoms. The van der Waals surface area contributed by atoms with E-state index in [-0.39, 0.29) is 5.82 Å². The summed E-state index contributed by atoms with van der Waals surface area (Å²) in [5, 5.41) is 3.54. The van der Waals surface area contributed by atoms with Crippen LogP contribution in [0.5, 0.6) is 0 Å². The first-order valence-corrected chi connectivity index (χ1v) is 5.70. The van der Waals surface area contributed by atoms with Gasteiger partial charge in [-0.05, 0) is 6.92 Å². The van der Waals surface area contributed by atoms with E-state index in [4.69, 9.17) is 0 Å². The van der Waals surface area contributed by atoms with Gasteiger partial charge in [-0.2, -0.15) is 0 Å². The fraction of sp³-hybridized carbons (Fsp3) is 0.167. The highest BCUT2D eigenvalue weighted by atomic mass is 19.1. The van der Waals surface area contributed by atoms with Crippen molar-refractivity contribution in [3.05, 3.63) is 30.2 Å². The maximum absolute atomic E-state index is 13.4. The van der Waals surface area contributed by atoms with Gasteiger partial charge in [0.2, 0.25) is 0 Å². The molecule has 0 saturated heterocycles. The maximum Gasteiger partial charge on any atom is 0.183 e. The van der Waals surface area contributed by atoms with Gasteiger partial charge in [0, 0.05) is 18.8 Å². The van der Waals surface area contributed by atoms with Crippen LogP contribution in [-0.2, 0) is 0 Å². The molecule has 0 radical (unpaired) electrons. The van der Waals surface area contributed by atoms with Gasteiger partial charge in [-0.3, -0.25) is 0 Å². The fourth-order valence-corrected chi connectivity index (χ4v) is 1.97. The number of nitrogens with one attached hydrogen (secondary N) is 2. The van der Waals surface area contributed by atoms with Crippen molar-refractivity contribution >= 4 is 16.9 Å². The number of nitrogens with zero attached hydrogens (tertiary/aromatic N) is 4. The van der Waals surface area contributed by atoms with Crippen LogP contribution in [0.4, 0.5) is 10.2 Å². The standard InChI is InChI=1S/C12H11FN6/c1-6-9-7(3-15-12(9)18-5-17-6)10-16-4-8(13)11(14-2)19-10/h3-5H,1-2H3,(H,14,16,19)(H,15,17,18). The number of hydrogen-bond donors (Lipinski definition) is 2. The Morgan fingerprint density at radius 2 is 2.11 bits per heavy atom. The lowest BCUT2D eigenvalue weighted by molar-refractivity contribution is 0.619. The van der Waals surface area contributed by atoms with Crippen LogP contribution in [0.1, 0.15) is 5.69 Å². The highest BCUT2D eigenvalue weighted by Gasteiger charge is 2.14. The second-order valence-electron chi connectivity index (χ2n) is 4.03. The second-order valence-corrected chi connectivity index (χ2v) is 4.03. The highest BCUT2D eigenvalue weighted by Crippen LogP contribution is 2.27. The van der Waals surface area contributed by atoms with Crippen molar-refractivity contribution in [3.8, 4) is 11.4 Å². The normalized spacial score (nSPS) is 10.9.